The normalized spacial score (nSPS) is 11.4. The highest BCUT2D eigenvalue weighted by molar-refractivity contribution is 7.80. The van der Waals surface area contributed by atoms with Gasteiger partial charge in [-0.1, -0.05) is 48.5 Å². The van der Waals surface area contributed by atoms with Gasteiger partial charge in [0.1, 0.15) is 0 Å². The van der Waals surface area contributed by atoms with E-state index in [9.17, 15) is 4.79 Å². The number of thiocarbonyl (C=S) groups is 1. The Morgan fingerprint density at radius 3 is 2.36 bits per heavy atom. The Balaban J connectivity index is 1.63. The van der Waals surface area contributed by atoms with Crippen molar-refractivity contribution in [3.63, 3.8) is 0 Å². The van der Waals surface area contributed by atoms with Crippen molar-refractivity contribution in [1.82, 2.24) is 5.32 Å². The lowest BCUT2D eigenvalue weighted by Gasteiger charge is -2.19. The Morgan fingerprint density at radius 2 is 1.61 bits per heavy atom. The summed E-state index contributed by atoms with van der Waals surface area (Å²) in [5.74, 6) is -0.130. The molecule has 4 nitrogen and oxygen atoms in total. The van der Waals surface area contributed by atoms with Crippen LogP contribution < -0.4 is 16.0 Å². The summed E-state index contributed by atoms with van der Waals surface area (Å²) in [6, 6.07) is 24.9. The molecule has 0 aromatic heterocycles. The van der Waals surface area contributed by atoms with Crippen LogP contribution in [0.1, 0.15) is 34.5 Å². The first-order chi connectivity index (χ1) is 13.5. The summed E-state index contributed by atoms with van der Waals surface area (Å²) in [6.45, 7) is 4.07. The van der Waals surface area contributed by atoms with Gasteiger partial charge in [0.15, 0.2) is 5.11 Å². The molecule has 0 saturated carbocycles. The molecule has 0 bridgehead atoms. The molecular formula is C23H23N3OS. The van der Waals surface area contributed by atoms with Gasteiger partial charge in [0.05, 0.1) is 6.04 Å². The van der Waals surface area contributed by atoms with Crippen molar-refractivity contribution >= 4 is 34.6 Å². The summed E-state index contributed by atoms with van der Waals surface area (Å²) >= 11 is 5.45. The number of carbonyl (C=O) groups excluding carboxylic acids is 1. The fourth-order valence-corrected chi connectivity index (χ4v) is 3.12. The van der Waals surface area contributed by atoms with Gasteiger partial charge < -0.3 is 16.0 Å². The molecule has 0 spiro atoms. The van der Waals surface area contributed by atoms with Crippen molar-refractivity contribution < 1.29 is 4.79 Å². The molecule has 5 heteroatoms. The molecule has 28 heavy (non-hydrogen) atoms. The smallest absolute Gasteiger partial charge is 0.255 e. The first-order valence-electron chi connectivity index (χ1n) is 9.12. The zero-order valence-corrected chi connectivity index (χ0v) is 16.7. The van der Waals surface area contributed by atoms with Gasteiger partial charge in [0.25, 0.3) is 5.91 Å². The number of rotatable bonds is 5. The van der Waals surface area contributed by atoms with Crippen molar-refractivity contribution in [1.29, 1.82) is 0 Å². The molecular weight excluding hydrogens is 366 g/mol. The first kappa shape index (κ1) is 19.6. The molecule has 0 radical (unpaired) electrons. The monoisotopic (exact) mass is 389 g/mol. The van der Waals surface area contributed by atoms with Crippen LogP contribution in [0.5, 0.6) is 0 Å². The van der Waals surface area contributed by atoms with E-state index in [2.05, 4.69) is 16.0 Å². The molecule has 3 aromatic carbocycles. The third-order valence-corrected chi connectivity index (χ3v) is 4.64. The van der Waals surface area contributed by atoms with E-state index in [1.165, 1.54) is 0 Å². The van der Waals surface area contributed by atoms with E-state index in [0.717, 1.165) is 22.5 Å². The number of hydrogen-bond acceptors (Lipinski definition) is 2. The Kier molecular flexibility index (Phi) is 6.40. The van der Waals surface area contributed by atoms with Gasteiger partial charge in [-0.15, -0.1) is 0 Å². The maximum Gasteiger partial charge on any atom is 0.255 e. The van der Waals surface area contributed by atoms with E-state index >= 15 is 0 Å². The second-order valence-corrected chi connectivity index (χ2v) is 6.99. The second-order valence-electron chi connectivity index (χ2n) is 6.58. The van der Waals surface area contributed by atoms with E-state index in [4.69, 9.17) is 12.2 Å². The summed E-state index contributed by atoms with van der Waals surface area (Å²) in [4.78, 5) is 12.4. The van der Waals surface area contributed by atoms with E-state index in [1.807, 2.05) is 80.6 Å². The lowest BCUT2D eigenvalue weighted by atomic mass is 10.1. The van der Waals surface area contributed by atoms with Crippen LogP contribution in [0.3, 0.4) is 0 Å². The minimum Gasteiger partial charge on any atom is -0.356 e. The maximum atomic E-state index is 12.4. The minimum atomic E-state index is -0.130. The van der Waals surface area contributed by atoms with Gasteiger partial charge in [-0.05, 0) is 67.5 Å². The largest absolute Gasteiger partial charge is 0.356 e. The number of amides is 1. The predicted octanol–water partition coefficient (Wildman–Crippen LogP) is 5.29. The van der Waals surface area contributed by atoms with Crippen LogP contribution in [0, 0.1) is 6.92 Å². The van der Waals surface area contributed by atoms with E-state index < -0.39 is 0 Å². The Labute approximate surface area is 171 Å². The number of para-hydroxylation sites is 1. The van der Waals surface area contributed by atoms with Crippen LogP contribution >= 0.6 is 12.2 Å². The molecule has 0 aliphatic carbocycles. The van der Waals surface area contributed by atoms with Crippen LogP contribution in [-0.2, 0) is 0 Å². The molecule has 0 aliphatic rings. The molecule has 3 rings (SSSR count). The lowest BCUT2D eigenvalue weighted by molar-refractivity contribution is 0.102. The third-order valence-electron chi connectivity index (χ3n) is 4.42. The van der Waals surface area contributed by atoms with E-state index in [-0.39, 0.29) is 11.9 Å². The predicted molar refractivity (Wildman–Crippen MR) is 120 cm³/mol. The number of nitrogens with one attached hydrogen (secondary N) is 3. The average Bonchev–Trinajstić information content (AvgIpc) is 2.70. The number of hydrogen-bond donors (Lipinski definition) is 3. The molecule has 3 aromatic rings. The molecule has 1 amide bonds. The average molecular weight is 390 g/mol. The van der Waals surface area contributed by atoms with Crippen LogP contribution in [0.2, 0.25) is 0 Å². The molecule has 0 fully saturated rings. The van der Waals surface area contributed by atoms with Gasteiger partial charge in [-0.2, -0.15) is 0 Å². The Bertz CT molecular complexity index is 972. The van der Waals surface area contributed by atoms with Crippen molar-refractivity contribution in [2.24, 2.45) is 0 Å². The van der Waals surface area contributed by atoms with E-state index in [1.54, 1.807) is 12.1 Å². The zero-order valence-electron chi connectivity index (χ0n) is 15.9. The first-order valence-corrected chi connectivity index (χ1v) is 9.53. The zero-order chi connectivity index (χ0) is 19.9. The second kappa shape index (κ2) is 9.15. The van der Waals surface area contributed by atoms with Crippen molar-refractivity contribution in [2.75, 3.05) is 10.6 Å². The molecule has 1 unspecified atom stereocenters. The quantitative estimate of drug-likeness (QED) is 0.519. The lowest BCUT2D eigenvalue weighted by Crippen LogP contribution is -2.31. The van der Waals surface area contributed by atoms with Gasteiger partial charge >= 0.3 is 0 Å². The summed E-state index contributed by atoms with van der Waals surface area (Å²) in [6.07, 6.45) is 0. The summed E-state index contributed by atoms with van der Waals surface area (Å²) in [5.41, 5.74) is 4.52. The molecule has 142 valence electrons. The standard InChI is InChI=1S/C23H23N3OS/c1-16-9-6-7-14-21(16)26-23(28)24-17(2)19-12-8-13-20(15-19)25-22(27)18-10-4-3-5-11-18/h3-15,17H,1-2H3,(H,25,27)(H2,24,26,28). The van der Waals surface area contributed by atoms with Crippen molar-refractivity contribution in [2.45, 2.75) is 19.9 Å². The molecule has 3 N–H and O–H groups in total. The maximum absolute atomic E-state index is 12.4. The van der Waals surface area contributed by atoms with Crippen LogP contribution in [0.25, 0.3) is 0 Å². The SMILES string of the molecule is Cc1ccccc1NC(=S)NC(C)c1cccc(NC(=O)c2ccccc2)c1. The van der Waals surface area contributed by atoms with Crippen LogP contribution in [0.4, 0.5) is 11.4 Å². The van der Waals surface area contributed by atoms with Crippen molar-refractivity contribution in [3.8, 4) is 0 Å². The summed E-state index contributed by atoms with van der Waals surface area (Å²) < 4.78 is 0. The topological polar surface area (TPSA) is 53.2 Å². The molecule has 0 aliphatic heterocycles. The summed E-state index contributed by atoms with van der Waals surface area (Å²) in [5, 5.41) is 10.0. The van der Waals surface area contributed by atoms with Crippen LogP contribution in [-0.4, -0.2) is 11.0 Å². The van der Waals surface area contributed by atoms with Gasteiger partial charge in [-0.3, -0.25) is 4.79 Å². The number of aryl methyl sites for hydroxylation is 1. The van der Waals surface area contributed by atoms with Crippen molar-refractivity contribution in [3.05, 3.63) is 95.6 Å². The van der Waals surface area contributed by atoms with Crippen LogP contribution in [0.15, 0.2) is 78.9 Å². The van der Waals surface area contributed by atoms with Gasteiger partial charge in [-0.25, -0.2) is 0 Å². The fourth-order valence-electron chi connectivity index (χ4n) is 2.83. The fraction of sp³-hybridized carbons (Fsp3) is 0.130. The summed E-state index contributed by atoms with van der Waals surface area (Å²) in [7, 11) is 0. The van der Waals surface area contributed by atoms with Gasteiger partial charge in [0, 0.05) is 16.9 Å². The minimum absolute atomic E-state index is 0.0161. The third kappa shape index (κ3) is 5.18. The molecule has 0 heterocycles. The number of benzene rings is 3. The number of carbonyl (C=O) groups is 1. The highest BCUT2D eigenvalue weighted by atomic mass is 32.1. The van der Waals surface area contributed by atoms with E-state index in [0.29, 0.717) is 10.7 Å². The molecule has 0 saturated heterocycles. The Morgan fingerprint density at radius 1 is 0.893 bits per heavy atom. The number of anilines is 2. The Hall–Kier alpha value is -3.18. The molecule has 1 atom stereocenters. The van der Waals surface area contributed by atoms with Gasteiger partial charge in [0.2, 0.25) is 0 Å². The highest BCUT2D eigenvalue weighted by Gasteiger charge is 2.10. The highest BCUT2D eigenvalue weighted by Crippen LogP contribution is 2.19.